The molecule has 2 radical (unpaired) electrons. The van der Waals surface area contributed by atoms with E-state index >= 15 is 0 Å². The first kappa shape index (κ1) is 17.2. The van der Waals surface area contributed by atoms with E-state index in [4.69, 9.17) is 7.57 Å². The summed E-state index contributed by atoms with van der Waals surface area (Å²) >= 11 is 2.25. The zero-order chi connectivity index (χ0) is 14.4. The minimum atomic E-state index is -0.646. The molecule has 1 atom stereocenters. The van der Waals surface area contributed by atoms with Gasteiger partial charge >= 0.3 is 0 Å². The molecule has 0 spiro atoms. The molecule has 104 valence electrons. The third kappa shape index (κ3) is 5.98. The molecule has 0 aromatic heterocycles. The smallest absolute Gasteiger partial charge is 0.129 e. The van der Waals surface area contributed by atoms with Gasteiger partial charge in [-0.25, -0.2) is 0 Å². The van der Waals surface area contributed by atoms with Crippen LogP contribution in [0.1, 0.15) is 17.5 Å². The molecule has 3 nitrogen and oxygen atoms in total. The van der Waals surface area contributed by atoms with Gasteiger partial charge in [-0.15, -0.1) is 0 Å². The average molecular weight is 390 g/mol. The largest absolute Gasteiger partial charge is 0.507 e. The lowest BCUT2D eigenvalue weighted by Crippen LogP contribution is -2.21. The van der Waals surface area contributed by atoms with E-state index in [-0.39, 0.29) is 0 Å². The number of nitrogens with one attached hydrogen (secondary N) is 1. The van der Waals surface area contributed by atoms with Gasteiger partial charge in [-0.2, -0.15) is 0 Å². The van der Waals surface area contributed by atoms with E-state index in [0.717, 1.165) is 35.9 Å². The van der Waals surface area contributed by atoms with Crippen LogP contribution in [-0.4, -0.2) is 44.8 Å². The Morgan fingerprint density at radius 1 is 1.42 bits per heavy atom. The molecule has 0 aliphatic heterocycles. The van der Waals surface area contributed by atoms with Gasteiger partial charge in [0.15, 0.2) is 0 Å². The third-order valence-corrected chi connectivity index (χ3v) is 5.31. The molecule has 0 amide bonds. The number of phenolic OH excluding ortho intramolecular Hbond substituents is 1. The summed E-state index contributed by atoms with van der Waals surface area (Å²) < 4.78 is 0. The highest BCUT2D eigenvalue weighted by Gasteiger charge is 2.09. The van der Waals surface area contributed by atoms with Crippen LogP contribution in [0.2, 0.25) is 0 Å². The van der Waals surface area contributed by atoms with Gasteiger partial charge in [0.1, 0.15) is 13.3 Å². The quantitative estimate of drug-likeness (QED) is 0.325. The topological polar surface area (TPSA) is 35.5 Å². The number of phenols is 1. The summed E-state index contributed by atoms with van der Waals surface area (Å²) in [4.78, 5) is 2.17. The molecule has 0 saturated heterocycles. The molecule has 6 heteroatoms. The Hall–Kier alpha value is 0.165. The zero-order valence-corrected chi connectivity index (χ0v) is 14.8. The van der Waals surface area contributed by atoms with Crippen molar-refractivity contribution < 1.29 is 5.11 Å². The molecule has 1 unspecified atom stereocenters. The average Bonchev–Trinajstić information content (AvgIpc) is 2.33. The lowest BCUT2D eigenvalue weighted by Gasteiger charge is -2.14. The molecule has 1 aromatic carbocycles. The molecule has 0 aliphatic carbocycles. The highest BCUT2D eigenvalue weighted by Crippen LogP contribution is 2.39. The molecule has 2 N–H and O–H groups in total. The monoisotopic (exact) mass is 390 g/mol. The highest BCUT2D eigenvalue weighted by atomic mass is 127. The molecular weight excluding hydrogens is 369 g/mol. The number of rotatable bonds is 7. The predicted octanol–water partition coefficient (Wildman–Crippen LogP) is 2.28. The van der Waals surface area contributed by atoms with Gasteiger partial charge in [0, 0.05) is 12.1 Å². The lowest BCUT2D eigenvalue weighted by atomic mass is 10.1. The van der Waals surface area contributed by atoms with Gasteiger partial charge in [-0.1, -0.05) is 27.5 Å². The van der Waals surface area contributed by atoms with Crippen molar-refractivity contribution in [2.24, 2.45) is 0 Å². The van der Waals surface area contributed by atoms with E-state index in [1.54, 1.807) is 0 Å². The Labute approximate surface area is 131 Å². The van der Waals surface area contributed by atoms with Crippen molar-refractivity contribution in [1.29, 1.82) is 0 Å². The Morgan fingerprint density at radius 3 is 2.68 bits per heavy atom. The van der Waals surface area contributed by atoms with E-state index in [0.29, 0.717) is 12.3 Å². The minimum absolute atomic E-state index is 0.386. The van der Waals surface area contributed by atoms with E-state index in [2.05, 4.69) is 46.4 Å². The molecule has 1 rings (SSSR count). The maximum atomic E-state index is 10.1. The Kier molecular flexibility index (Phi) is 7.66. The molecule has 0 saturated carbocycles. The van der Waals surface area contributed by atoms with Crippen LogP contribution in [0.3, 0.4) is 0 Å². The summed E-state index contributed by atoms with van der Waals surface area (Å²) in [5.41, 5.74) is 1.19. The first-order valence-electron chi connectivity index (χ1n) is 6.30. The van der Waals surface area contributed by atoms with Crippen molar-refractivity contribution in [3.05, 3.63) is 23.3 Å². The van der Waals surface area contributed by atoms with E-state index < -0.39 is 5.44 Å². The Bertz CT molecular complexity index is 416. The van der Waals surface area contributed by atoms with Gasteiger partial charge in [0.25, 0.3) is 0 Å². The third-order valence-electron chi connectivity index (χ3n) is 2.89. The number of aryl methyl sites for hydroxylation is 1. The molecule has 1 aromatic rings. The summed E-state index contributed by atoms with van der Waals surface area (Å²) in [7, 11) is 10.1. The fourth-order valence-corrected chi connectivity index (χ4v) is 3.27. The second-order valence-corrected chi connectivity index (χ2v) is 9.17. The van der Waals surface area contributed by atoms with Crippen molar-refractivity contribution in [3.63, 3.8) is 0 Å². The first-order valence-corrected chi connectivity index (χ1v) is 10.5. The van der Waals surface area contributed by atoms with Crippen molar-refractivity contribution in [1.82, 2.24) is 10.2 Å². The summed E-state index contributed by atoms with van der Waals surface area (Å²) in [6.45, 7) is 4.63. The minimum Gasteiger partial charge on any atom is -0.507 e. The molecule has 0 bridgehead atoms. The number of benzene rings is 1. The van der Waals surface area contributed by atoms with Crippen LogP contribution >= 0.6 is 27.5 Å². The molecule has 0 aliphatic rings. The second-order valence-electron chi connectivity index (χ2n) is 4.92. The molecular formula is C13H21BIN2OP. The lowest BCUT2D eigenvalue weighted by molar-refractivity contribution is 0.393. The van der Waals surface area contributed by atoms with E-state index in [9.17, 15) is 5.11 Å². The number of hydrogen-bond acceptors (Lipinski definition) is 3. The van der Waals surface area contributed by atoms with Crippen LogP contribution in [0.15, 0.2) is 12.1 Å². The summed E-state index contributed by atoms with van der Waals surface area (Å²) in [6, 6.07) is 3.99. The number of hydrogen-bond donors (Lipinski definition) is 2. The normalized spacial score (nSPS) is 12.9. The highest BCUT2D eigenvalue weighted by molar-refractivity contribution is 14.2. The van der Waals surface area contributed by atoms with Crippen molar-refractivity contribution in [2.75, 3.05) is 27.2 Å². The summed E-state index contributed by atoms with van der Waals surface area (Å²) in [6.07, 6.45) is 1.10. The van der Waals surface area contributed by atoms with Crippen LogP contribution in [-0.2, 0) is 6.54 Å². The first-order chi connectivity index (χ1) is 8.91. The summed E-state index contributed by atoms with van der Waals surface area (Å²) in [5, 5.41) is 14.6. The van der Waals surface area contributed by atoms with Crippen LogP contribution in [0.25, 0.3) is 0 Å². The maximum Gasteiger partial charge on any atom is 0.129 e. The predicted molar refractivity (Wildman–Crippen MR) is 94.0 cm³/mol. The Morgan fingerprint density at radius 2 is 2.11 bits per heavy atom. The zero-order valence-electron chi connectivity index (χ0n) is 11.8. The van der Waals surface area contributed by atoms with E-state index in [1.807, 2.05) is 19.1 Å². The van der Waals surface area contributed by atoms with Crippen molar-refractivity contribution in [3.8, 4) is 5.75 Å². The van der Waals surface area contributed by atoms with Gasteiger partial charge < -0.3 is 15.3 Å². The van der Waals surface area contributed by atoms with Gasteiger partial charge in [-0.05, 0) is 63.5 Å². The van der Waals surface area contributed by atoms with Crippen LogP contribution in [0, 0.1) is 6.92 Å². The van der Waals surface area contributed by atoms with E-state index in [1.165, 1.54) is 0 Å². The molecule has 19 heavy (non-hydrogen) atoms. The van der Waals surface area contributed by atoms with Crippen molar-refractivity contribution >= 4 is 40.4 Å². The summed E-state index contributed by atoms with van der Waals surface area (Å²) in [5.74, 6) is 0.386. The van der Waals surface area contributed by atoms with Crippen LogP contribution < -0.4 is 10.6 Å². The molecule has 0 heterocycles. The Balaban J connectivity index is 2.57. The fourth-order valence-electron chi connectivity index (χ4n) is 1.83. The van der Waals surface area contributed by atoms with Gasteiger partial charge in [0.2, 0.25) is 0 Å². The SMILES string of the molecule is [B]P(I)c1cc(C)c(O)c(CNCCCN(C)C)c1. The number of nitrogens with zero attached hydrogens (tertiary/aromatic N) is 1. The fraction of sp³-hybridized carbons (Fsp3) is 0.538. The number of aromatic hydroxyl groups is 1. The van der Waals surface area contributed by atoms with Gasteiger partial charge in [-0.3, -0.25) is 0 Å². The maximum absolute atomic E-state index is 10.1. The molecule has 0 fully saturated rings. The van der Waals surface area contributed by atoms with Gasteiger partial charge in [0.05, 0.1) is 0 Å². The van der Waals surface area contributed by atoms with Crippen molar-refractivity contribution in [2.45, 2.75) is 19.9 Å². The second kappa shape index (κ2) is 8.45. The van der Waals surface area contributed by atoms with Crippen LogP contribution in [0.5, 0.6) is 5.75 Å². The standard InChI is InChI=1S/C13H21BIN2OP/c1-10-7-12(19(14)15)8-11(13(10)18)9-16-5-4-6-17(2)3/h7-8,16,18H,4-6,9H2,1-3H3. The van der Waals surface area contributed by atoms with Crippen LogP contribution in [0.4, 0.5) is 0 Å². The number of halogens is 1.